The highest BCUT2D eigenvalue weighted by Gasteiger charge is 2.34. The fraction of sp³-hybridized carbons (Fsp3) is 0.294. The van der Waals surface area contributed by atoms with E-state index in [9.17, 15) is 4.79 Å². The van der Waals surface area contributed by atoms with Gasteiger partial charge in [-0.2, -0.15) is 0 Å². The van der Waals surface area contributed by atoms with Gasteiger partial charge in [-0.3, -0.25) is 9.69 Å². The normalized spacial score (nSPS) is 14.1. The number of hydrogen-bond donors (Lipinski definition) is 0. The van der Waals surface area contributed by atoms with E-state index in [0.29, 0.717) is 12.5 Å². The molecule has 1 saturated carbocycles. The molecule has 3 heteroatoms. The number of hydrogen-bond acceptors (Lipinski definition) is 2. The van der Waals surface area contributed by atoms with Gasteiger partial charge in [-0.15, -0.1) is 0 Å². The molecule has 1 aliphatic carbocycles. The Morgan fingerprint density at radius 2 is 1.95 bits per heavy atom. The number of aromatic nitrogens is 1. The van der Waals surface area contributed by atoms with E-state index in [1.54, 1.807) is 6.20 Å². The molecular weight excluding hydrogens is 248 g/mol. The van der Waals surface area contributed by atoms with Gasteiger partial charge in [-0.25, -0.2) is 4.98 Å². The molecule has 1 amide bonds. The summed E-state index contributed by atoms with van der Waals surface area (Å²) in [4.78, 5) is 18.7. The molecule has 1 aromatic heterocycles. The van der Waals surface area contributed by atoms with Crippen molar-refractivity contribution in [3.8, 4) is 0 Å². The van der Waals surface area contributed by atoms with Crippen molar-refractivity contribution in [2.75, 3.05) is 4.90 Å². The summed E-state index contributed by atoms with van der Waals surface area (Å²) in [5.41, 5.74) is 2.27. The lowest BCUT2D eigenvalue weighted by Crippen LogP contribution is -2.34. The van der Waals surface area contributed by atoms with Crippen LogP contribution in [0.25, 0.3) is 0 Å². The van der Waals surface area contributed by atoms with Crippen LogP contribution in [0.4, 0.5) is 5.82 Å². The Morgan fingerprint density at radius 3 is 2.55 bits per heavy atom. The maximum atomic E-state index is 12.6. The highest BCUT2D eigenvalue weighted by molar-refractivity contribution is 5.94. The van der Waals surface area contributed by atoms with Crippen LogP contribution in [0.2, 0.25) is 0 Å². The van der Waals surface area contributed by atoms with E-state index in [4.69, 9.17) is 0 Å². The minimum absolute atomic E-state index is 0.134. The summed E-state index contributed by atoms with van der Waals surface area (Å²) in [7, 11) is 0. The monoisotopic (exact) mass is 266 g/mol. The molecule has 1 aromatic carbocycles. The number of rotatable bonds is 4. The zero-order valence-corrected chi connectivity index (χ0v) is 11.6. The average Bonchev–Trinajstić information content (AvgIpc) is 3.28. The second kappa shape index (κ2) is 5.45. The highest BCUT2D eigenvalue weighted by atomic mass is 16.2. The van der Waals surface area contributed by atoms with E-state index in [-0.39, 0.29) is 5.91 Å². The average molecular weight is 266 g/mol. The van der Waals surface area contributed by atoms with Crippen LogP contribution in [-0.4, -0.2) is 16.9 Å². The second-order valence-corrected chi connectivity index (χ2v) is 5.35. The van der Waals surface area contributed by atoms with Crippen LogP contribution < -0.4 is 4.90 Å². The molecule has 0 aliphatic heterocycles. The number of carbonyl (C=O) groups is 1. The fourth-order valence-corrected chi connectivity index (χ4v) is 2.31. The SMILES string of the molecule is Cc1ccc(CC(=O)N(c2ccccn2)C2CC2)cc1. The predicted molar refractivity (Wildman–Crippen MR) is 79.6 cm³/mol. The van der Waals surface area contributed by atoms with Crippen molar-refractivity contribution in [2.45, 2.75) is 32.2 Å². The molecule has 1 fully saturated rings. The lowest BCUT2D eigenvalue weighted by Gasteiger charge is -2.21. The summed E-state index contributed by atoms with van der Waals surface area (Å²) < 4.78 is 0. The Morgan fingerprint density at radius 1 is 1.20 bits per heavy atom. The van der Waals surface area contributed by atoms with Gasteiger partial charge in [0.1, 0.15) is 5.82 Å². The van der Waals surface area contributed by atoms with Crippen LogP contribution in [0, 0.1) is 6.92 Å². The maximum Gasteiger partial charge on any atom is 0.232 e. The Balaban J connectivity index is 1.78. The summed E-state index contributed by atoms with van der Waals surface area (Å²) in [6, 6.07) is 14.2. The Kier molecular flexibility index (Phi) is 3.50. The van der Waals surface area contributed by atoms with Crippen molar-refractivity contribution in [2.24, 2.45) is 0 Å². The van der Waals surface area contributed by atoms with Crippen LogP contribution in [0.1, 0.15) is 24.0 Å². The van der Waals surface area contributed by atoms with Crippen LogP contribution in [0.3, 0.4) is 0 Å². The van der Waals surface area contributed by atoms with Crippen LogP contribution in [0.5, 0.6) is 0 Å². The van der Waals surface area contributed by atoms with Gasteiger partial charge in [0, 0.05) is 12.2 Å². The second-order valence-electron chi connectivity index (χ2n) is 5.35. The zero-order chi connectivity index (χ0) is 13.9. The third kappa shape index (κ3) is 2.87. The van der Waals surface area contributed by atoms with Crippen molar-refractivity contribution < 1.29 is 4.79 Å². The van der Waals surface area contributed by atoms with Crippen molar-refractivity contribution in [1.82, 2.24) is 4.98 Å². The standard InChI is InChI=1S/C17H18N2O/c1-13-5-7-14(8-6-13)12-17(20)19(15-9-10-15)16-4-2-3-11-18-16/h2-8,11,15H,9-10,12H2,1H3. The summed E-state index contributed by atoms with van der Waals surface area (Å²) in [6.45, 7) is 2.05. The van der Waals surface area contributed by atoms with Crippen LogP contribution in [0.15, 0.2) is 48.7 Å². The van der Waals surface area contributed by atoms with Crippen molar-refractivity contribution in [1.29, 1.82) is 0 Å². The molecule has 0 spiro atoms. The predicted octanol–water partition coefficient (Wildman–Crippen LogP) is 3.13. The molecule has 0 N–H and O–H groups in total. The highest BCUT2D eigenvalue weighted by Crippen LogP contribution is 2.31. The smallest absolute Gasteiger partial charge is 0.232 e. The first-order valence-corrected chi connectivity index (χ1v) is 7.02. The Hall–Kier alpha value is -2.16. The Bertz CT molecular complexity index is 588. The first kappa shape index (κ1) is 12.9. The molecular formula is C17H18N2O. The molecule has 1 aliphatic rings. The van der Waals surface area contributed by atoms with Gasteiger partial charge in [-0.05, 0) is 37.5 Å². The molecule has 0 radical (unpaired) electrons. The maximum absolute atomic E-state index is 12.6. The van der Waals surface area contributed by atoms with Gasteiger partial charge in [0.15, 0.2) is 0 Å². The minimum Gasteiger partial charge on any atom is -0.293 e. The van der Waals surface area contributed by atoms with E-state index >= 15 is 0 Å². The molecule has 0 atom stereocenters. The third-order valence-electron chi connectivity index (χ3n) is 3.55. The van der Waals surface area contributed by atoms with Gasteiger partial charge >= 0.3 is 0 Å². The largest absolute Gasteiger partial charge is 0.293 e. The number of benzene rings is 1. The van der Waals surface area contributed by atoms with Crippen molar-refractivity contribution in [3.63, 3.8) is 0 Å². The number of anilines is 1. The zero-order valence-electron chi connectivity index (χ0n) is 11.6. The quantitative estimate of drug-likeness (QED) is 0.851. The van der Waals surface area contributed by atoms with Gasteiger partial charge in [0.2, 0.25) is 5.91 Å². The van der Waals surface area contributed by atoms with Gasteiger partial charge in [0.05, 0.1) is 6.42 Å². The first-order chi connectivity index (χ1) is 9.74. The number of pyridine rings is 1. The van der Waals surface area contributed by atoms with Gasteiger partial charge in [-0.1, -0.05) is 35.9 Å². The lowest BCUT2D eigenvalue weighted by molar-refractivity contribution is -0.118. The third-order valence-corrected chi connectivity index (χ3v) is 3.55. The van der Waals surface area contributed by atoms with Crippen molar-refractivity contribution in [3.05, 3.63) is 59.8 Å². The molecule has 1 heterocycles. The molecule has 0 bridgehead atoms. The topological polar surface area (TPSA) is 33.2 Å². The summed E-state index contributed by atoms with van der Waals surface area (Å²) in [5.74, 6) is 0.905. The van der Waals surface area contributed by atoms with Crippen LogP contribution in [-0.2, 0) is 11.2 Å². The van der Waals surface area contributed by atoms with E-state index in [0.717, 1.165) is 24.2 Å². The summed E-state index contributed by atoms with van der Waals surface area (Å²) in [6.07, 6.45) is 4.34. The molecule has 0 unspecified atom stereocenters. The molecule has 102 valence electrons. The van der Waals surface area contributed by atoms with E-state index in [2.05, 4.69) is 11.9 Å². The first-order valence-electron chi connectivity index (χ1n) is 7.02. The lowest BCUT2D eigenvalue weighted by atomic mass is 10.1. The number of nitrogens with zero attached hydrogens (tertiary/aromatic N) is 2. The Labute approximate surface area is 119 Å². The fourth-order valence-electron chi connectivity index (χ4n) is 2.31. The van der Waals surface area contributed by atoms with E-state index in [1.165, 1.54) is 5.56 Å². The van der Waals surface area contributed by atoms with E-state index in [1.807, 2.05) is 47.4 Å². The minimum atomic E-state index is 0.134. The molecule has 20 heavy (non-hydrogen) atoms. The molecule has 3 nitrogen and oxygen atoms in total. The van der Waals surface area contributed by atoms with Gasteiger partial charge < -0.3 is 0 Å². The van der Waals surface area contributed by atoms with Gasteiger partial charge in [0.25, 0.3) is 0 Å². The molecule has 0 saturated heterocycles. The summed E-state index contributed by atoms with van der Waals surface area (Å²) >= 11 is 0. The molecule has 2 aromatic rings. The summed E-state index contributed by atoms with van der Waals surface area (Å²) in [5, 5.41) is 0. The number of aryl methyl sites for hydroxylation is 1. The van der Waals surface area contributed by atoms with E-state index < -0.39 is 0 Å². The molecule has 3 rings (SSSR count). The number of amides is 1. The van der Waals surface area contributed by atoms with Crippen LogP contribution >= 0.6 is 0 Å². The number of carbonyl (C=O) groups excluding carboxylic acids is 1. The van der Waals surface area contributed by atoms with Crippen molar-refractivity contribution >= 4 is 11.7 Å².